The second kappa shape index (κ2) is 8.42. The normalized spacial score (nSPS) is 15.3. The molecule has 1 saturated heterocycles. The third-order valence-corrected chi connectivity index (χ3v) is 6.25. The fourth-order valence-corrected chi connectivity index (χ4v) is 4.17. The molecule has 3 aromatic rings. The van der Waals surface area contributed by atoms with Crippen LogP contribution in [0.25, 0.3) is 10.3 Å². The number of fused-ring (bicyclic) bond motifs is 1. The first-order valence-corrected chi connectivity index (χ1v) is 11.4. The van der Waals surface area contributed by atoms with Gasteiger partial charge in [-0.05, 0) is 25.5 Å². The monoisotopic (exact) mass is 453 g/mol. The van der Waals surface area contributed by atoms with Gasteiger partial charge < -0.3 is 15.5 Å². The molecule has 2 amide bonds. The molecule has 10 heteroatoms. The molecule has 0 spiro atoms. The zero-order valence-electron chi connectivity index (χ0n) is 18.8. The van der Waals surface area contributed by atoms with Crippen LogP contribution in [0.15, 0.2) is 24.5 Å². The minimum Gasteiger partial charge on any atom is -0.349 e. The van der Waals surface area contributed by atoms with Crippen molar-refractivity contribution in [2.24, 2.45) is 5.41 Å². The highest BCUT2D eigenvalue weighted by Gasteiger charge is 2.36. The Hall–Kier alpha value is -3.14. The van der Waals surface area contributed by atoms with Gasteiger partial charge in [0, 0.05) is 30.9 Å². The van der Waals surface area contributed by atoms with Gasteiger partial charge in [0.15, 0.2) is 11.3 Å². The average molecular weight is 454 g/mol. The Morgan fingerprint density at radius 2 is 1.97 bits per heavy atom. The molecular weight excluding hydrogens is 426 g/mol. The van der Waals surface area contributed by atoms with Crippen molar-refractivity contribution in [2.75, 3.05) is 18.4 Å². The number of carbonyl (C=O) groups is 2. The molecule has 2 N–H and O–H groups in total. The fraction of sp³-hybridized carbons (Fsp3) is 0.455. The van der Waals surface area contributed by atoms with Gasteiger partial charge in [-0.15, -0.1) is 11.3 Å². The molecule has 1 aliphatic heterocycles. The van der Waals surface area contributed by atoms with Gasteiger partial charge in [0.1, 0.15) is 4.70 Å². The lowest BCUT2D eigenvalue weighted by molar-refractivity contribution is -0.130. The van der Waals surface area contributed by atoms with Crippen LogP contribution in [-0.2, 0) is 4.79 Å². The Morgan fingerprint density at radius 1 is 1.22 bits per heavy atom. The zero-order valence-corrected chi connectivity index (χ0v) is 19.7. The van der Waals surface area contributed by atoms with Crippen molar-refractivity contribution in [3.8, 4) is 0 Å². The van der Waals surface area contributed by atoms with Gasteiger partial charge in [0.25, 0.3) is 5.91 Å². The summed E-state index contributed by atoms with van der Waals surface area (Å²) in [5, 5.41) is 7.07. The molecule has 0 unspecified atom stereocenters. The van der Waals surface area contributed by atoms with Gasteiger partial charge in [0.2, 0.25) is 11.9 Å². The van der Waals surface area contributed by atoms with Gasteiger partial charge >= 0.3 is 0 Å². The summed E-state index contributed by atoms with van der Waals surface area (Å²) in [5.74, 6) is 0.146. The van der Waals surface area contributed by atoms with Gasteiger partial charge in [-0.25, -0.2) is 9.97 Å². The molecular formula is C22H27N7O2S. The summed E-state index contributed by atoms with van der Waals surface area (Å²) in [4.78, 5) is 44.8. The van der Waals surface area contributed by atoms with Crippen molar-refractivity contribution in [3.63, 3.8) is 0 Å². The van der Waals surface area contributed by atoms with E-state index in [0.29, 0.717) is 35.1 Å². The summed E-state index contributed by atoms with van der Waals surface area (Å²) in [6, 6.07) is 3.70. The van der Waals surface area contributed by atoms with E-state index in [1.165, 1.54) is 11.3 Å². The predicted molar refractivity (Wildman–Crippen MR) is 124 cm³/mol. The van der Waals surface area contributed by atoms with Crippen LogP contribution in [0, 0.1) is 12.3 Å². The van der Waals surface area contributed by atoms with E-state index in [4.69, 9.17) is 0 Å². The quantitative estimate of drug-likeness (QED) is 0.611. The number of aryl methyl sites for hydroxylation is 1. The summed E-state index contributed by atoms with van der Waals surface area (Å²) < 4.78 is 0.675. The Kier molecular flexibility index (Phi) is 5.81. The number of nitrogens with zero attached hydrogens (tertiary/aromatic N) is 5. The maximum absolute atomic E-state index is 13.3. The van der Waals surface area contributed by atoms with Crippen molar-refractivity contribution < 1.29 is 9.59 Å². The number of rotatable bonds is 5. The maximum atomic E-state index is 13.3. The summed E-state index contributed by atoms with van der Waals surface area (Å²) in [7, 11) is 0. The van der Waals surface area contributed by atoms with Crippen molar-refractivity contribution in [3.05, 3.63) is 40.8 Å². The van der Waals surface area contributed by atoms with Crippen LogP contribution in [0.2, 0.25) is 0 Å². The van der Waals surface area contributed by atoms with E-state index in [1.807, 2.05) is 46.8 Å². The van der Waals surface area contributed by atoms with Crippen molar-refractivity contribution in [1.29, 1.82) is 0 Å². The minimum atomic E-state index is -0.463. The second-order valence-corrected chi connectivity index (χ2v) is 10.3. The van der Waals surface area contributed by atoms with Crippen LogP contribution in [-0.4, -0.2) is 55.8 Å². The predicted octanol–water partition coefficient (Wildman–Crippen LogP) is 2.95. The van der Waals surface area contributed by atoms with Gasteiger partial charge in [0.05, 0.1) is 17.1 Å². The number of hydrogen-bond donors (Lipinski definition) is 2. The number of nitrogens with one attached hydrogen (secondary N) is 2. The molecule has 0 saturated carbocycles. The van der Waals surface area contributed by atoms with Crippen LogP contribution in [0.1, 0.15) is 54.8 Å². The van der Waals surface area contributed by atoms with Crippen molar-refractivity contribution in [2.45, 2.75) is 46.7 Å². The third-order valence-electron chi connectivity index (χ3n) is 5.28. The number of hydrogen-bond acceptors (Lipinski definition) is 8. The molecule has 0 bridgehead atoms. The lowest BCUT2D eigenvalue weighted by Gasteiger charge is -2.40. The molecule has 168 valence electrons. The standard InChI is InChI=1S/C22H27N7O2S/c1-12(14-7-6-8-23-9-14)24-21-27-16(17-18(28-21)25-13(2)32-17)19(30)29-10-15(11-29)26-20(31)22(3,4)5/h6-9,12,15H,10-11H2,1-5H3,(H,26,31)(H,24,27,28)/t12-/m0/s1. The molecule has 9 nitrogen and oxygen atoms in total. The Balaban J connectivity index is 1.53. The highest BCUT2D eigenvalue weighted by molar-refractivity contribution is 7.18. The zero-order chi connectivity index (χ0) is 23.0. The molecule has 4 rings (SSSR count). The van der Waals surface area contributed by atoms with Crippen LogP contribution < -0.4 is 10.6 Å². The Bertz CT molecular complexity index is 1150. The number of carbonyl (C=O) groups excluding carboxylic acids is 2. The largest absolute Gasteiger partial charge is 0.349 e. The fourth-order valence-electron chi connectivity index (χ4n) is 3.33. The van der Waals surface area contributed by atoms with Gasteiger partial charge in [-0.2, -0.15) is 4.98 Å². The first-order chi connectivity index (χ1) is 15.1. The smallest absolute Gasteiger partial charge is 0.274 e. The first kappa shape index (κ1) is 22.1. The lowest BCUT2D eigenvalue weighted by Crippen LogP contribution is -2.62. The summed E-state index contributed by atoms with van der Waals surface area (Å²) in [5.41, 5.74) is 1.36. The van der Waals surface area contributed by atoms with Gasteiger partial charge in [-0.1, -0.05) is 26.8 Å². The van der Waals surface area contributed by atoms with Crippen LogP contribution in [0.3, 0.4) is 0 Å². The Labute approximate surface area is 190 Å². The Morgan fingerprint density at radius 3 is 2.62 bits per heavy atom. The summed E-state index contributed by atoms with van der Waals surface area (Å²) in [6.45, 7) is 10.4. The van der Waals surface area contributed by atoms with Crippen molar-refractivity contribution in [1.82, 2.24) is 30.2 Å². The second-order valence-electron chi connectivity index (χ2n) is 9.06. The lowest BCUT2D eigenvalue weighted by atomic mass is 9.94. The number of pyridine rings is 1. The molecule has 0 radical (unpaired) electrons. The van der Waals surface area contributed by atoms with Crippen LogP contribution >= 0.6 is 11.3 Å². The third kappa shape index (κ3) is 4.55. The van der Waals surface area contributed by atoms with Crippen molar-refractivity contribution >= 4 is 39.4 Å². The number of amides is 2. The van der Waals surface area contributed by atoms with E-state index in [2.05, 4.69) is 30.6 Å². The molecule has 4 heterocycles. The van der Waals surface area contributed by atoms with E-state index in [9.17, 15) is 9.59 Å². The van der Waals surface area contributed by atoms with Gasteiger partial charge in [-0.3, -0.25) is 14.6 Å². The molecule has 1 aliphatic rings. The van der Waals surface area contributed by atoms with E-state index >= 15 is 0 Å². The van der Waals surface area contributed by atoms with E-state index in [1.54, 1.807) is 17.3 Å². The van der Waals surface area contributed by atoms with E-state index in [-0.39, 0.29) is 23.9 Å². The molecule has 1 atom stereocenters. The number of anilines is 1. The topological polar surface area (TPSA) is 113 Å². The average Bonchev–Trinajstić information content (AvgIpc) is 3.09. The highest BCUT2D eigenvalue weighted by Crippen LogP contribution is 2.28. The summed E-state index contributed by atoms with van der Waals surface area (Å²) in [6.07, 6.45) is 3.50. The van der Waals surface area contributed by atoms with E-state index in [0.717, 1.165) is 10.6 Å². The van der Waals surface area contributed by atoms with Crippen LogP contribution in [0.5, 0.6) is 0 Å². The summed E-state index contributed by atoms with van der Waals surface area (Å²) >= 11 is 1.41. The van der Waals surface area contributed by atoms with E-state index < -0.39 is 5.41 Å². The minimum absolute atomic E-state index is 0.0204. The molecule has 1 fully saturated rings. The molecule has 0 aromatic carbocycles. The molecule has 0 aliphatic carbocycles. The number of thiazole rings is 1. The number of aromatic nitrogens is 4. The number of likely N-dealkylation sites (tertiary alicyclic amines) is 1. The SMILES string of the molecule is Cc1nc2nc(N[C@@H](C)c3cccnc3)nc(C(=O)N3CC(NC(=O)C(C)(C)C)C3)c2s1. The highest BCUT2D eigenvalue weighted by atomic mass is 32.1. The maximum Gasteiger partial charge on any atom is 0.274 e. The molecule has 32 heavy (non-hydrogen) atoms. The molecule has 3 aromatic heterocycles. The first-order valence-electron chi connectivity index (χ1n) is 10.5. The van der Waals surface area contributed by atoms with Crippen LogP contribution in [0.4, 0.5) is 5.95 Å².